The molecule has 0 radical (unpaired) electrons. The van der Waals surface area contributed by atoms with E-state index in [1.54, 1.807) is 41.7 Å². The normalized spacial score (nSPS) is 9.88. The third kappa shape index (κ3) is 38.9. The van der Waals surface area contributed by atoms with Gasteiger partial charge < -0.3 is 33.5 Å². The van der Waals surface area contributed by atoms with Gasteiger partial charge >= 0.3 is 23.9 Å². The van der Waals surface area contributed by atoms with Gasteiger partial charge in [0.15, 0.2) is 0 Å². The summed E-state index contributed by atoms with van der Waals surface area (Å²) in [6.07, 6.45) is 1.37. The lowest BCUT2D eigenvalue weighted by atomic mass is 10.3. The van der Waals surface area contributed by atoms with Crippen molar-refractivity contribution in [2.75, 3.05) is 53.4 Å². The molecule has 1 N–H and O–H groups in total. The highest BCUT2D eigenvalue weighted by atomic mass is 16.6. The number of rotatable bonds is 16. The maximum absolute atomic E-state index is 10.7. The molecule has 0 aromatic heterocycles. The van der Waals surface area contributed by atoms with Gasteiger partial charge in [-0.1, -0.05) is 39.7 Å². The molecule has 0 aromatic rings. The van der Waals surface area contributed by atoms with E-state index in [1.165, 1.54) is 0 Å². The highest BCUT2D eigenvalue weighted by Gasteiger charge is 2.04. The summed E-state index contributed by atoms with van der Waals surface area (Å²) in [5, 5.41) is 8.68. The molecule has 1 unspecified atom stereocenters. The van der Waals surface area contributed by atoms with Crippen LogP contribution in [-0.2, 0) is 47.6 Å². The first-order valence-corrected chi connectivity index (χ1v) is 13.1. The molecule has 238 valence electrons. The molecule has 0 aromatic carbocycles. The lowest BCUT2D eigenvalue weighted by Crippen LogP contribution is -2.15. The zero-order chi connectivity index (χ0) is 32.8. The van der Waals surface area contributed by atoms with Crippen LogP contribution in [0.4, 0.5) is 0 Å². The van der Waals surface area contributed by atoms with E-state index < -0.39 is 12.1 Å². The van der Waals surface area contributed by atoms with E-state index in [9.17, 15) is 19.2 Å². The number of unbranched alkanes of at least 4 members (excludes halogenated alkanes) is 1. The SMILES string of the molecule is C=C(C)C(=O)OCC(C)O.C=C(C)C(=O)OCCCC.C=C(C)C(=O)OCCOC.C=C(C)C(=O)OCCOCC. The highest BCUT2D eigenvalue weighted by Crippen LogP contribution is 1.95. The van der Waals surface area contributed by atoms with Gasteiger partial charge in [-0.2, -0.15) is 0 Å². The van der Waals surface area contributed by atoms with E-state index in [0.29, 0.717) is 61.9 Å². The van der Waals surface area contributed by atoms with Crippen LogP contribution in [0.3, 0.4) is 0 Å². The van der Waals surface area contributed by atoms with E-state index in [2.05, 4.69) is 47.5 Å². The van der Waals surface area contributed by atoms with Crippen LogP contribution in [0.15, 0.2) is 48.6 Å². The average molecular weight is 589 g/mol. The molecule has 0 aliphatic carbocycles. The minimum absolute atomic E-state index is 0.0334. The molecule has 0 heterocycles. The molecule has 0 amide bonds. The Morgan fingerprint density at radius 1 is 0.634 bits per heavy atom. The molecule has 0 saturated heterocycles. The Kier molecular flexibility index (Phi) is 34.1. The summed E-state index contributed by atoms with van der Waals surface area (Å²) in [7, 11) is 1.55. The molecule has 41 heavy (non-hydrogen) atoms. The van der Waals surface area contributed by atoms with Gasteiger partial charge in [0.05, 0.1) is 25.9 Å². The van der Waals surface area contributed by atoms with Crippen LogP contribution < -0.4 is 0 Å². The predicted molar refractivity (Wildman–Crippen MR) is 158 cm³/mol. The van der Waals surface area contributed by atoms with Crippen LogP contribution in [0, 0.1) is 0 Å². The van der Waals surface area contributed by atoms with Gasteiger partial charge in [0.25, 0.3) is 0 Å². The minimum Gasteiger partial charge on any atom is -0.462 e. The smallest absolute Gasteiger partial charge is 0.333 e. The third-order valence-electron chi connectivity index (χ3n) is 3.77. The molecule has 0 aliphatic heterocycles. The Labute approximate surface area is 246 Å². The molecule has 0 saturated carbocycles. The number of carbonyl (C=O) groups excluding carboxylic acids is 4. The largest absolute Gasteiger partial charge is 0.462 e. The second kappa shape index (κ2) is 31.3. The van der Waals surface area contributed by atoms with Crippen molar-refractivity contribution in [3.8, 4) is 0 Å². The molecule has 0 spiro atoms. The Balaban J connectivity index is -0.000000223. The monoisotopic (exact) mass is 588 g/mol. The first-order chi connectivity index (χ1) is 19.1. The van der Waals surface area contributed by atoms with E-state index in [-0.39, 0.29) is 24.5 Å². The fourth-order valence-electron chi connectivity index (χ4n) is 1.55. The topological polar surface area (TPSA) is 144 Å². The fourth-order valence-corrected chi connectivity index (χ4v) is 1.55. The Morgan fingerprint density at radius 3 is 1.32 bits per heavy atom. The van der Waals surface area contributed by atoms with Crippen LogP contribution in [0.5, 0.6) is 0 Å². The van der Waals surface area contributed by atoms with Crippen LogP contribution >= 0.6 is 0 Å². The van der Waals surface area contributed by atoms with E-state index in [0.717, 1.165) is 12.8 Å². The van der Waals surface area contributed by atoms with Gasteiger partial charge in [0, 0.05) is 36.0 Å². The summed E-state index contributed by atoms with van der Waals surface area (Å²) >= 11 is 0. The van der Waals surface area contributed by atoms with Gasteiger partial charge in [-0.3, -0.25) is 0 Å². The molecule has 0 aliphatic rings. The molecule has 0 rings (SSSR count). The molecular weight excluding hydrogens is 536 g/mol. The standard InChI is InChI=1S/C8H14O3.C8H14O2.2C7H12O3/c1-4-10-5-6-11-8(9)7(2)3;1-4-5-6-10-8(9)7(2)3;1-6(2)7(8)10-5-4-9-3;1-5(2)7(9)10-4-6(3)8/h2,4-6H2,1,3H3;2,4-6H2,1,3H3;1,4-5H2,2-3H3;6,8H,1,4H2,2-3H3. The highest BCUT2D eigenvalue weighted by molar-refractivity contribution is 5.88. The molecule has 0 bridgehead atoms. The zero-order valence-electron chi connectivity index (χ0n) is 26.3. The number of aliphatic hydroxyl groups excluding tert-OH is 1. The summed E-state index contributed by atoms with van der Waals surface area (Å²) in [6.45, 7) is 28.3. The lowest BCUT2D eigenvalue weighted by molar-refractivity contribution is -0.142. The third-order valence-corrected chi connectivity index (χ3v) is 3.77. The molecule has 1 atom stereocenters. The van der Waals surface area contributed by atoms with Crippen molar-refractivity contribution in [2.45, 2.75) is 67.4 Å². The number of ether oxygens (including phenoxy) is 6. The molecule has 11 heteroatoms. The van der Waals surface area contributed by atoms with Crippen LogP contribution in [0.1, 0.15) is 61.3 Å². The van der Waals surface area contributed by atoms with Gasteiger partial charge in [0.2, 0.25) is 0 Å². The van der Waals surface area contributed by atoms with Crippen molar-refractivity contribution >= 4 is 23.9 Å². The first kappa shape index (κ1) is 44.7. The zero-order valence-corrected chi connectivity index (χ0v) is 26.3. The Hall–Kier alpha value is -3.28. The Morgan fingerprint density at radius 2 is 1.00 bits per heavy atom. The number of hydrogen-bond acceptors (Lipinski definition) is 11. The van der Waals surface area contributed by atoms with Crippen molar-refractivity contribution in [3.05, 3.63) is 48.6 Å². The second-order valence-electron chi connectivity index (χ2n) is 8.52. The summed E-state index contributed by atoms with van der Waals surface area (Å²) in [5.74, 6) is -1.46. The molecule has 0 fully saturated rings. The van der Waals surface area contributed by atoms with Crippen LogP contribution in [0.2, 0.25) is 0 Å². The van der Waals surface area contributed by atoms with Crippen molar-refractivity contribution in [1.82, 2.24) is 0 Å². The minimum atomic E-state index is -0.608. The first-order valence-electron chi connectivity index (χ1n) is 13.1. The number of aliphatic hydroxyl groups is 1. The van der Waals surface area contributed by atoms with Crippen molar-refractivity contribution in [2.24, 2.45) is 0 Å². The van der Waals surface area contributed by atoms with Gasteiger partial charge in [-0.15, -0.1) is 0 Å². The van der Waals surface area contributed by atoms with Crippen molar-refractivity contribution < 1.29 is 52.7 Å². The maximum atomic E-state index is 10.7. The van der Waals surface area contributed by atoms with E-state index in [4.69, 9.17) is 19.3 Å². The molecule has 11 nitrogen and oxygen atoms in total. The number of hydrogen-bond donors (Lipinski definition) is 1. The summed E-state index contributed by atoms with van der Waals surface area (Å²) in [5.41, 5.74) is 1.65. The fraction of sp³-hybridized carbons (Fsp3) is 0.600. The predicted octanol–water partition coefficient (Wildman–Crippen LogP) is 4.29. The van der Waals surface area contributed by atoms with E-state index in [1.807, 2.05) is 6.92 Å². The summed E-state index contributed by atoms with van der Waals surface area (Å²) in [6, 6.07) is 0. The second-order valence-corrected chi connectivity index (χ2v) is 8.52. The Bertz CT molecular complexity index is 766. The number of methoxy groups -OCH3 is 1. The molecular formula is C30H52O11. The maximum Gasteiger partial charge on any atom is 0.333 e. The van der Waals surface area contributed by atoms with Gasteiger partial charge in [0.1, 0.15) is 19.8 Å². The van der Waals surface area contributed by atoms with Gasteiger partial charge in [-0.25, -0.2) is 19.2 Å². The van der Waals surface area contributed by atoms with Crippen molar-refractivity contribution in [3.63, 3.8) is 0 Å². The van der Waals surface area contributed by atoms with Crippen molar-refractivity contribution in [1.29, 1.82) is 0 Å². The summed E-state index contributed by atoms with van der Waals surface area (Å²) < 4.78 is 28.4. The van der Waals surface area contributed by atoms with Gasteiger partial charge in [-0.05, 0) is 48.0 Å². The summed E-state index contributed by atoms with van der Waals surface area (Å²) in [4.78, 5) is 42.7. The lowest BCUT2D eigenvalue weighted by Gasteiger charge is -2.04. The average Bonchev–Trinajstić information content (AvgIpc) is 2.90. The van der Waals surface area contributed by atoms with Crippen LogP contribution in [0.25, 0.3) is 0 Å². The van der Waals surface area contributed by atoms with E-state index >= 15 is 0 Å². The van der Waals surface area contributed by atoms with Crippen LogP contribution in [-0.4, -0.2) is 88.4 Å². The number of carbonyl (C=O) groups is 4. The number of esters is 4. The quantitative estimate of drug-likeness (QED) is 0.119.